The van der Waals surface area contributed by atoms with Gasteiger partial charge in [0.1, 0.15) is 5.75 Å². The lowest BCUT2D eigenvalue weighted by Gasteiger charge is -2.26. The SMILES string of the molecule is COc1cccc(C(=O)NCCN(c2ccccc2C(C)C)S(C)(=O)=O)c1. The number of nitrogens with one attached hydrogen (secondary N) is 1. The summed E-state index contributed by atoms with van der Waals surface area (Å²) in [6, 6.07) is 14.2. The fourth-order valence-electron chi connectivity index (χ4n) is 2.81. The molecule has 1 amide bonds. The van der Waals surface area contributed by atoms with E-state index in [1.807, 2.05) is 32.0 Å². The largest absolute Gasteiger partial charge is 0.497 e. The Hall–Kier alpha value is -2.54. The van der Waals surface area contributed by atoms with Crippen molar-refractivity contribution in [2.75, 3.05) is 30.8 Å². The summed E-state index contributed by atoms with van der Waals surface area (Å²) in [7, 11) is -1.95. The molecule has 0 aliphatic rings. The van der Waals surface area contributed by atoms with Crippen molar-refractivity contribution in [2.24, 2.45) is 0 Å². The highest BCUT2D eigenvalue weighted by Gasteiger charge is 2.21. The highest BCUT2D eigenvalue weighted by atomic mass is 32.2. The quantitative estimate of drug-likeness (QED) is 0.752. The minimum Gasteiger partial charge on any atom is -0.497 e. The Morgan fingerprint density at radius 1 is 1.15 bits per heavy atom. The summed E-state index contributed by atoms with van der Waals surface area (Å²) in [4.78, 5) is 12.3. The van der Waals surface area contributed by atoms with Crippen molar-refractivity contribution in [1.29, 1.82) is 0 Å². The summed E-state index contributed by atoms with van der Waals surface area (Å²) >= 11 is 0. The van der Waals surface area contributed by atoms with E-state index in [1.54, 1.807) is 30.3 Å². The van der Waals surface area contributed by atoms with Crippen molar-refractivity contribution >= 4 is 21.6 Å². The topological polar surface area (TPSA) is 75.7 Å². The molecule has 0 saturated heterocycles. The Morgan fingerprint density at radius 3 is 2.48 bits per heavy atom. The molecule has 2 aromatic rings. The van der Waals surface area contributed by atoms with Crippen LogP contribution in [-0.2, 0) is 10.0 Å². The number of rotatable bonds is 8. The smallest absolute Gasteiger partial charge is 0.251 e. The van der Waals surface area contributed by atoms with Crippen LogP contribution in [0.3, 0.4) is 0 Å². The maximum atomic E-state index is 12.3. The molecule has 0 bridgehead atoms. The second-order valence-corrected chi connectivity index (χ2v) is 8.44. The first-order valence-electron chi connectivity index (χ1n) is 8.73. The average Bonchev–Trinajstić information content (AvgIpc) is 2.64. The third-order valence-corrected chi connectivity index (χ3v) is 5.34. The number of anilines is 1. The van der Waals surface area contributed by atoms with Crippen LogP contribution in [0.1, 0.15) is 35.7 Å². The van der Waals surface area contributed by atoms with Gasteiger partial charge in [0.25, 0.3) is 5.91 Å². The Labute approximate surface area is 161 Å². The molecule has 0 spiro atoms. The van der Waals surface area contributed by atoms with Gasteiger partial charge in [0.05, 0.1) is 25.6 Å². The number of methoxy groups -OCH3 is 1. The molecule has 0 aliphatic carbocycles. The van der Waals surface area contributed by atoms with E-state index in [2.05, 4.69) is 5.32 Å². The molecule has 1 N–H and O–H groups in total. The van der Waals surface area contributed by atoms with Crippen LogP contribution in [0.4, 0.5) is 5.69 Å². The third-order valence-electron chi connectivity index (χ3n) is 4.16. The summed E-state index contributed by atoms with van der Waals surface area (Å²) in [5.41, 5.74) is 2.05. The van der Waals surface area contributed by atoms with E-state index in [9.17, 15) is 13.2 Å². The lowest BCUT2D eigenvalue weighted by atomic mass is 10.0. The Morgan fingerprint density at radius 2 is 1.85 bits per heavy atom. The molecular formula is C20H26N2O4S. The lowest BCUT2D eigenvalue weighted by molar-refractivity contribution is 0.0954. The van der Waals surface area contributed by atoms with Crippen molar-refractivity contribution in [3.8, 4) is 5.75 Å². The minimum atomic E-state index is -3.49. The molecular weight excluding hydrogens is 364 g/mol. The standard InChI is InChI=1S/C20H26N2O4S/c1-15(2)18-10-5-6-11-19(18)22(27(4,24)25)13-12-21-20(23)16-8-7-9-17(14-16)26-3/h5-11,14-15H,12-13H2,1-4H3,(H,21,23). The Kier molecular flexibility index (Phi) is 6.85. The molecule has 0 atom stereocenters. The molecule has 0 aromatic heterocycles. The maximum absolute atomic E-state index is 12.3. The molecule has 0 heterocycles. The minimum absolute atomic E-state index is 0.151. The van der Waals surface area contributed by atoms with Gasteiger partial charge in [-0.25, -0.2) is 8.42 Å². The second-order valence-electron chi connectivity index (χ2n) is 6.54. The van der Waals surface area contributed by atoms with E-state index in [0.717, 1.165) is 5.56 Å². The predicted octanol–water partition coefficient (Wildman–Crippen LogP) is 3.01. The van der Waals surface area contributed by atoms with Crippen molar-refractivity contribution in [3.63, 3.8) is 0 Å². The second kappa shape index (κ2) is 8.90. The van der Waals surface area contributed by atoms with Gasteiger partial charge >= 0.3 is 0 Å². The van der Waals surface area contributed by atoms with E-state index in [4.69, 9.17) is 4.74 Å². The van der Waals surface area contributed by atoms with Crippen molar-refractivity contribution < 1.29 is 17.9 Å². The van der Waals surface area contributed by atoms with Gasteiger partial charge in [-0.15, -0.1) is 0 Å². The van der Waals surface area contributed by atoms with E-state index < -0.39 is 10.0 Å². The van der Waals surface area contributed by atoms with E-state index in [-0.39, 0.29) is 24.9 Å². The molecule has 0 saturated carbocycles. The molecule has 0 aliphatic heterocycles. The molecule has 0 radical (unpaired) electrons. The lowest BCUT2D eigenvalue weighted by Crippen LogP contribution is -2.38. The molecule has 6 nitrogen and oxygen atoms in total. The fourth-order valence-corrected chi connectivity index (χ4v) is 3.75. The van der Waals surface area contributed by atoms with Gasteiger partial charge in [-0.3, -0.25) is 9.10 Å². The molecule has 2 aromatic carbocycles. The van der Waals surface area contributed by atoms with E-state index >= 15 is 0 Å². The predicted molar refractivity (Wildman–Crippen MR) is 108 cm³/mol. The number of nitrogens with zero attached hydrogens (tertiary/aromatic N) is 1. The first-order valence-corrected chi connectivity index (χ1v) is 10.6. The number of carbonyl (C=O) groups excluding carboxylic acids is 1. The molecule has 0 unspecified atom stereocenters. The number of hydrogen-bond acceptors (Lipinski definition) is 4. The highest BCUT2D eigenvalue weighted by Crippen LogP contribution is 2.28. The maximum Gasteiger partial charge on any atom is 0.251 e. The van der Waals surface area contributed by atoms with Gasteiger partial charge in [-0.05, 0) is 35.7 Å². The average molecular weight is 391 g/mol. The third kappa shape index (κ3) is 5.47. The van der Waals surface area contributed by atoms with Gasteiger partial charge in [0.2, 0.25) is 10.0 Å². The summed E-state index contributed by atoms with van der Waals surface area (Å²) in [6.07, 6.45) is 1.17. The van der Waals surface area contributed by atoms with Crippen LogP contribution < -0.4 is 14.4 Å². The summed E-state index contributed by atoms with van der Waals surface area (Å²) in [5, 5.41) is 2.77. The van der Waals surface area contributed by atoms with Crippen LogP contribution in [0.5, 0.6) is 5.75 Å². The van der Waals surface area contributed by atoms with Gasteiger partial charge < -0.3 is 10.1 Å². The zero-order valence-electron chi connectivity index (χ0n) is 16.1. The number of hydrogen-bond donors (Lipinski definition) is 1. The van der Waals surface area contributed by atoms with E-state index in [0.29, 0.717) is 17.0 Å². The molecule has 7 heteroatoms. The van der Waals surface area contributed by atoms with Crippen LogP contribution >= 0.6 is 0 Å². The number of para-hydroxylation sites is 1. The van der Waals surface area contributed by atoms with Gasteiger partial charge in [0, 0.05) is 12.1 Å². The Balaban J connectivity index is 2.14. The first-order chi connectivity index (χ1) is 12.7. The van der Waals surface area contributed by atoms with Crippen LogP contribution in [0.25, 0.3) is 0 Å². The number of sulfonamides is 1. The van der Waals surface area contributed by atoms with Gasteiger partial charge in [0.15, 0.2) is 0 Å². The summed E-state index contributed by atoms with van der Waals surface area (Å²) < 4.78 is 31.1. The number of benzene rings is 2. The van der Waals surface area contributed by atoms with Gasteiger partial charge in [-0.2, -0.15) is 0 Å². The highest BCUT2D eigenvalue weighted by molar-refractivity contribution is 7.92. The van der Waals surface area contributed by atoms with Crippen LogP contribution in [0.2, 0.25) is 0 Å². The van der Waals surface area contributed by atoms with Gasteiger partial charge in [-0.1, -0.05) is 38.1 Å². The normalized spacial score (nSPS) is 11.3. The molecule has 146 valence electrons. The first kappa shape index (κ1) is 20.8. The van der Waals surface area contributed by atoms with Crippen LogP contribution in [0, 0.1) is 0 Å². The van der Waals surface area contributed by atoms with E-state index in [1.165, 1.54) is 17.7 Å². The number of carbonyl (C=O) groups is 1. The molecule has 0 fully saturated rings. The zero-order valence-corrected chi connectivity index (χ0v) is 16.9. The fraction of sp³-hybridized carbons (Fsp3) is 0.350. The monoisotopic (exact) mass is 390 g/mol. The van der Waals surface area contributed by atoms with Crippen molar-refractivity contribution in [3.05, 3.63) is 59.7 Å². The summed E-state index contributed by atoms with van der Waals surface area (Å²) in [6.45, 7) is 4.38. The summed E-state index contributed by atoms with van der Waals surface area (Å²) in [5.74, 6) is 0.489. The zero-order chi connectivity index (χ0) is 20.0. The van der Waals surface area contributed by atoms with Crippen molar-refractivity contribution in [1.82, 2.24) is 5.32 Å². The Bertz CT molecular complexity index is 894. The molecule has 27 heavy (non-hydrogen) atoms. The van der Waals surface area contributed by atoms with Crippen LogP contribution in [-0.4, -0.2) is 40.8 Å². The van der Waals surface area contributed by atoms with Crippen LogP contribution in [0.15, 0.2) is 48.5 Å². The number of ether oxygens (including phenoxy) is 1. The van der Waals surface area contributed by atoms with Crippen molar-refractivity contribution in [2.45, 2.75) is 19.8 Å². The number of amides is 1. The molecule has 2 rings (SSSR count).